The van der Waals surface area contributed by atoms with Gasteiger partial charge in [-0.2, -0.15) is 0 Å². The molecule has 0 aromatic rings. The second-order valence-corrected chi connectivity index (χ2v) is 16.8. The van der Waals surface area contributed by atoms with E-state index in [-0.39, 0.29) is 26.1 Å². The molecule has 2 unspecified atom stereocenters. The molecule has 0 aliphatic carbocycles. The van der Waals surface area contributed by atoms with Crippen LogP contribution in [0.1, 0.15) is 142 Å². The lowest BCUT2D eigenvalue weighted by Crippen LogP contribution is -2.37. The molecule has 0 rings (SSSR count). The van der Waals surface area contributed by atoms with Gasteiger partial charge in [0.05, 0.1) is 27.7 Å². The molecule has 0 saturated heterocycles. The average molecular weight is 831 g/mol. The van der Waals surface area contributed by atoms with Gasteiger partial charge in [-0.05, 0) is 83.5 Å². The van der Waals surface area contributed by atoms with E-state index in [1.54, 1.807) is 0 Å². The van der Waals surface area contributed by atoms with E-state index in [1.807, 2.05) is 33.3 Å². The highest BCUT2D eigenvalue weighted by Gasteiger charge is 2.27. The monoisotopic (exact) mass is 831 g/mol. The molecular formula is C48H81NO8P+. The highest BCUT2D eigenvalue weighted by atomic mass is 31.2. The Labute approximate surface area is 353 Å². The number of quaternary nitrogens is 1. The summed E-state index contributed by atoms with van der Waals surface area (Å²) in [4.78, 5) is 35.3. The zero-order chi connectivity index (χ0) is 42.8. The zero-order valence-corrected chi connectivity index (χ0v) is 37.9. The lowest BCUT2D eigenvalue weighted by atomic mass is 10.1. The minimum atomic E-state index is -4.40. The molecule has 0 spiro atoms. The lowest BCUT2D eigenvalue weighted by molar-refractivity contribution is -0.870. The van der Waals surface area contributed by atoms with Crippen molar-refractivity contribution in [2.75, 3.05) is 47.5 Å². The first-order chi connectivity index (χ1) is 28.0. The Kier molecular flexibility index (Phi) is 37.3. The molecule has 0 bridgehead atoms. The second-order valence-electron chi connectivity index (χ2n) is 15.3. The lowest BCUT2D eigenvalue weighted by Gasteiger charge is -2.24. The number of phosphoric acid groups is 1. The van der Waals surface area contributed by atoms with Crippen molar-refractivity contribution in [3.05, 3.63) is 97.2 Å². The Morgan fingerprint density at radius 3 is 1.53 bits per heavy atom. The minimum Gasteiger partial charge on any atom is -0.462 e. The Morgan fingerprint density at radius 1 is 0.552 bits per heavy atom. The fourth-order valence-electron chi connectivity index (χ4n) is 5.19. The van der Waals surface area contributed by atoms with Crippen molar-refractivity contribution >= 4 is 19.8 Å². The van der Waals surface area contributed by atoms with Crippen LogP contribution in [0.2, 0.25) is 0 Å². The van der Waals surface area contributed by atoms with Gasteiger partial charge in [-0.25, -0.2) is 4.57 Å². The van der Waals surface area contributed by atoms with Crippen molar-refractivity contribution in [2.24, 2.45) is 0 Å². The molecule has 10 heteroatoms. The van der Waals surface area contributed by atoms with Crippen LogP contribution in [0.5, 0.6) is 0 Å². The van der Waals surface area contributed by atoms with E-state index in [9.17, 15) is 19.0 Å². The fourth-order valence-corrected chi connectivity index (χ4v) is 5.93. The van der Waals surface area contributed by atoms with Crippen LogP contribution in [0.4, 0.5) is 0 Å². The number of likely N-dealkylation sites (N-methyl/N-ethyl adjacent to an activating group) is 1. The summed E-state index contributed by atoms with van der Waals surface area (Å²) in [7, 11) is 1.41. The largest absolute Gasteiger partial charge is 0.472 e. The normalized spacial score (nSPS) is 14.5. The van der Waals surface area contributed by atoms with Gasteiger partial charge in [0.2, 0.25) is 0 Å². The van der Waals surface area contributed by atoms with Crippen molar-refractivity contribution in [3.63, 3.8) is 0 Å². The molecule has 330 valence electrons. The predicted octanol–water partition coefficient (Wildman–Crippen LogP) is 12.6. The number of carbonyl (C=O) groups is 2. The summed E-state index contributed by atoms with van der Waals surface area (Å²) < 4.78 is 34.2. The SMILES string of the molecule is CC/C=C\C/C=C\C/C=C\C/C=C\C/C=C\C/C=C\CCC(=O)OCC(COP(=O)(O)OCC[N+](C)(C)C)OC(=O)CCCCCCC/C=C\C/C=C\CCCCC. The van der Waals surface area contributed by atoms with Gasteiger partial charge in [0, 0.05) is 12.8 Å². The third-order valence-electron chi connectivity index (χ3n) is 8.61. The maximum atomic E-state index is 12.7. The number of ether oxygens (including phenoxy) is 2. The summed E-state index contributed by atoms with van der Waals surface area (Å²) in [6.07, 6.45) is 51.8. The summed E-state index contributed by atoms with van der Waals surface area (Å²) in [5, 5.41) is 0. The number of unbranched alkanes of at least 4 members (excludes halogenated alkanes) is 8. The van der Waals surface area contributed by atoms with E-state index in [0.717, 1.165) is 77.0 Å². The number of nitrogens with zero attached hydrogens (tertiary/aromatic N) is 1. The van der Waals surface area contributed by atoms with Gasteiger partial charge < -0.3 is 18.9 Å². The molecule has 0 fully saturated rings. The topological polar surface area (TPSA) is 108 Å². The molecule has 0 aliphatic rings. The third-order valence-corrected chi connectivity index (χ3v) is 9.60. The fraction of sp³-hybridized carbons (Fsp3) is 0.625. The van der Waals surface area contributed by atoms with Crippen LogP contribution >= 0.6 is 7.82 Å². The van der Waals surface area contributed by atoms with Crippen LogP contribution < -0.4 is 0 Å². The van der Waals surface area contributed by atoms with Crippen LogP contribution in [0.15, 0.2) is 97.2 Å². The first kappa shape index (κ1) is 54.9. The second kappa shape index (κ2) is 39.4. The van der Waals surface area contributed by atoms with Crippen LogP contribution in [-0.2, 0) is 32.7 Å². The molecule has 1 N–H and O–H groups in total. The van der Waals surface area contributed by atoms with Crippen LogP contribution in [0, 0.1) is 0 Å². The van der Waals surface area contributed by atoms with Crippen LogP contribution in [0.25, 0.3) is 0 Å². The van der Waals surface area contributed by atoms with Gasteiger partial charge >= 0.3 is 19.8 Å². The Bertz CT molecular complexity index is 1300. The summed E-state index contributed by atoms with van der Waals surface area (Å²) >= 11 is 0. The Balaban J connectivity index is 4.53. The molecule has 2 atom stereocenters. The van der Waals surface area contributed by atoms with E-state index >= 15 is 0 Å². The van der Waals surface area contributed by atoms with Crippen molar-refractivity contribution in [2.45, 2.75) is 148 Å². The molecule has 0 aromatic heterocycles. The predicted molar refractivity (Wildman–Crippen MR) is 242 cm³/mol. The summed E-state index contributed by atoms with van der Waals surface area (Å²) in [6, 6.07) is 0. The van der Waals surface area contributed by atoms with Crippen LogP contribution in [0.3, 0.4) is 0 Å². The molecular weight excluding hydrogens is 750 g/mol. The average Bonchev–Trinajstić information content (AvgIpc) is 3.17. The highest BCUT2D eigenvalue weighted by Crippen LogP contribution is 2.43. The summed E-state index contributed by atoms with van der Waals surface area (Å²) in [5.41, 5.74) is 0. The van der Waals surface area contributed by atoms with E-state index in [1.165, 1.54) is 25.7 Å². The number of hydrogen-bond donors (Lipinski definition) is 1. The minimum absolute atomic E-state index is 0.0120. The van der Waals surface area contributed by atoms with Gasteiger partial charge in [0.15, 0.2) is 6.10 Å². The molecule has 0 saturated carbocycles. The molecule has 0 aliphatic heterocycles. The Morgan fingerprint density at radius 2 is 1.02 bits per heavy atom. The van der Waals surface area contributed by atoms with E-state index in [2.05, 4.69) is 98.9 Å². The van der Waals surface area contributed by atoms with Crippen molar-refractivity contribution in [1.82, 2.24) is 0 Å². The summed E-state index contributed by atoms with van der Waals surface area (Å²) in [5.74, 6) is -0.923. The van der Waals surface area contributed by atoms with Crippen molar-refractivity contribution < 1.29 is 42.1 Å². The van der Waals surface area contributed by atoms with Crippen molar-refractivity contribution in [3.8, 4) is 0 Å². The van der Waals surface area contributed by atoms with E-state index in [4.69, 9.17) is 18.5 Å². The van der Waals surface area contributed by atoms with Gasteiger partial charge in [-0.1, -0.05) is 143 Å². The number of rotatable bonds is 38. The molecule has 0 radical (unpaired) electrons. The number of allylic oxidation sites excluding steroid dienone is 16. The standard InChI is InChI=1S/C48H80NO8P/c1-6-8-10-12-14-16-18-20-22-23-24-25-27-28-30-32-34-36-38-40-47(50)54-44-46(45-56-58(52,53)55-43-42-49(3,4)5)57-48(51)41-39-37-35-33-31-29-26-21-19-17-15-13-11-9-7-2/h8,10,14-17,20-22,24-26,28,30,34,36,46H,6-7,9,11-13,18-19,23,27,29,31-33,35,37-45H2,1-5H3/p+1/b10-8-,16-14-,17-15-,22-20-,25-24-,26-21-,30-28-,36-34-. The summed E-state index contributed by atoms with van der Waals surface area (Å²) in [6.45, 7) is 4.15. The number of carbonyl (C=O) groups excluding carboxylic acids is 2. The molecule has 0 amide bonds. The zero-order valence-electron chi connectivity index (χ0n) is 37.0. The molecule has 9 nitrogen and oxygen atoms in total. The van der Waals surface area contributed by atoms with Gasteiger partial charge in [-0.15, -0.1) is 0 Å². The number of hydrogen-bond acceptors (Lipinski definition) is 7. The first-order valence-corrected chi connectivity index (χ1v) is 23.5. The smallest absolute Gasteiger partial charge is 0.462 e. The maximum Gasteiger partial charge on any atom is 0.472 e. The van der Waals surface area contributed by atoms with Gasteiger partial charge in [0.1, 0.15) is 19.8 Å². The van der Waals surface area contributed by atoms with Gasteiger partial charge in [0.25, 0.3) is 0 Å². The maximum absolute atomic E-state index is 12.7. The number of esters is 2. The van der Waals surface area contributed by atoms with Gasteiger partial charge in [-0.3, -0.25) is 18.6 Å². The Hall–Kier alpha value is -3.07. The molecule has 0 heterocycles. The van der Waals surface area contributed by atoms with Crippen LogP contribution in [-0.4, -0.2) is 74.9 Å². The number of phosphoric ester groups is 1. The van der Waals surface area contributed by atoms with E-state index in [0.29, 0.717) is 23.9 Å². The molecule has 0 aromatic carbocycles. The third kappa shape index (κ3) is 42.5. The van der Waals surface area contributed by atoms with Crippen molar-refractivity contribution in [1.29, 1.82) is 0 Å². The molecule has 58 heavy (non-hydrogen) atoms. The highest BCUT2D eigenvalue weighted by molar-refractivity contribution is 7.47. The quantitative estimate of drug-likeness (QED) is 0.0215. The van der Waals surface area contributed by atoms with E-state index < -0.39 is 32.5 Å². The first-order valence-electron chi connectivity index (χ1n) is 22.0.